The van der Waals surface area contributed by atoms with Gasteiger partial charge in [-0.2, -0.15) is 11.8 Å². The third-order valence-corrected chi connectivity index (χ3v) is 3.38. The Balaban J connectivity index is 2.58. The van der Waals surface area contributed by atoms with Gasteiger partial charge in [-0.25, -0.2) is 4.79 Å². The maximum atomic E-state index is 10.7. The van der Waals surface area contributed by atoms with Gasteiger partial charge in [-0.05, 0) is 12.5 Å². The molecule has 1 aromatic heterocycles. The van der Waals surface area contributed by atoms with Gasteiger partial charge in [0.05, 0.1) is 12.0 Å². The minimum atomic E-state index is -0.918. The molecule has 0 radical (unpaired) electrons. The number of rotatable bonds is 5. The summed E-state index contributed by atoms with van der Waals surface area (Å²) < 4.78 is 5.12. The third kappa shape index (κ3) is 2.80. The molecule has 0 aliphatic carbocycles. The first kappa shape index (κ1) is 11.2. The predicted octanol–water partition coefficient (Wildman–Crippen LogP) is 3.01. The Bertz CT molecular complexity index is 306. The zero-order valence-corrected chi connectivity index (χ0v) is 9.13. The fourth-order valence-corrected chi connectivity index (χ4v) is 1.87. The van der Waals surface area contributed by atoms with Gasteiger partial charge in [-0.1, -0.05) is 13.8 Å². The van der Waals surface area contributed by atoms with E-state index in [1.165, 1.54) is 12.3 Å². The summed E-state index contributed by atoms with van der Waals surface area (Å²) in [7, 11) is 0. The van der Waals surface area contributed by atoms with Crippen molar-refractivity contribution in [3.05, 3.63) is 23.7 Å². The van der Waals surface area contributed by atoms with E-state index >= 15 is 0 Å². The lowest BCUT2D eigenvalue weighted by Gasteiger charge is -2.06. The fourth-order valence-electron chi connectivity index (χ4n) is 0.979. The van der Waals surface area contributed by atoms with Crippen LogP contribution in [0, 0.1) is 0 Å². The Labute approximate surface area is 87.5 Å². The van der Waals surface area contributed by atoms with Crippen LogP contribution in [0.25, 0.3) is 0 Å². The van der Waals surface area contributed by atoms with Gasteiger partial charge in [0, 0.05) is 5.25 Å². The van der Waals surface area contributed by atoms with Crippen molar-refractivity contribution in [2.24, 2.45) is 0 Å². The van der Waals surface area contributed by atoms with E-state index in [0.717, 1.165) is 6.42 Å². The first-order valence-electron chi connectivity index (χ1n) is 4.56. The van der Waals surface area contributed by atoms with E-state index in [0.29, 0.717) is 16.8 Å². The van der Waals surface area contributed by atoms with Gasteiger partial charge in [0.15, 0.2) is 0 Å². The van der Waals surface area contributed by atoms with E-state index < -0.39 is 5.97 Å². The highest BCUT2D eigenvalue weighted by molar-refractivity contribution is 7.99. The van der Waals surface area contributed by atoms with Crippen LogP contribution in [0.1, 0.15) is 36.4 Å². The van der Waals surface area contributed by atoms with Crippen LogP contribution < -0.4 is 0 Å². The smallest absolute Gasteiger partial charge is 0.339 e. The van der Waals surface area contributed by atoms with Crippen LogP contribution in [-0.2, 0) is 5.75 Å². The van der Waals surface area contributed by atoms with E-state index in [4.69, 9.17) is 9.52 Å². The zero-order valence-electron chi connectivity index (χ0n) is 8.32. The van der Waals surface area contributed by atoms with Crippen LogP contribution in [0.3, 0.4) is 0 Å². The molecule has 0 saturated carbocycles. The molecule has 1 heterocycles. The molecule has 0 saturated heterocycles. The first-order chi connectivity index (χ1) is 6.65. The largest absolute Gasteiger partial charge is 0.478 e. The third-order valence-electron chi connectivity index (χ3n) is 2.05. The van der Waals surface area contributed by atoms with Gasteiger partial charge in [-0.15, -0.1) is 0 Å². The monoisotopic (exact) mass is 214 g/mol. The van der Waals surface area contributed by atoms with Crippen LogP contribution in [0.5, 0.6) is 0 Å². The number of carbonyl (C=O) groups is 1. The van der Waals surface area contributed by atoms with Crippen molar-refractivity contribution in [3.8, 4) is 0 Å². The molecule has 0 aliphatic rings. The van der Waals surface area contributed by atoms with Crippen molar-refractivity contribution in [2.75, 3.05) is 0 Å². The van der Waals surface area contributed by atoms with E-state index in [-0.39, 0.29) is 5.56 Å². The number of thioether (sulfide) groups is 1. The quantitative estimate of drug-likeness (QED) is 0.818. The number of carboxylic acid groups (broad SMARTS) is 1. The SMILES string of the molecule is CCC(C)SCc1occc1C(=O)O. The number of furan rings is 1. The van der Waals surface area contributed by atoms with Crippen molar-refractivity contribution in [2.45, 2.75) is 31.3 Å². The van der Waals surface area contributed by atoms with E-state index in [9.17, 15) is 4.79 Å². The molecule has 0 spiro atoms. The molecule has 0 amide bonds. The second-order valence-electron chi connectivity index (χ2n) is 3.09. The summed E-state index contributed by atoms with van der Waals surface area (Å²) in [6.45, 7) is 4.23. The van der Waals surface area contributed by atoms with Crippen molar-refractivity contribution in [1.29, 1.82) is 0 Å². The Kier molecular flexibility index (Phi) is 4.07. The maximum absolute atomic E-state index is 10.7. The molecular formula is C10H14O3S. The minimum Gasteiger partial charge on any atom is -0.478 e. The Hall–Kier alpha value is -0.900. The molecule has 0 fully saturated rings. The maximum Gasteiger partial charge on any atom is 0.339 e. The molecule has 1 atom stereocenters. The van der Waals surface area contributed by atoms with Crippen LogP contribution in [0.4, 0.5) is 0 Å². The summed E-state index contributed by atoms with van der Waals surface area (Å²) in [6, 6.07) is 1.49. The second kappa shape index (κ2) is 5.10. The van der Waals surface area contributed by atoms with Crippen LogP contribution in [0.15, 0.2) is 16.7 Å². The van der Waals surface area contributed by atoms with Crippen molar-refractivity contribution in [1.82, 2.24) is 0 Å². The lowest BCUT2D eigenvalue weighted by Crippen LogP contribution is -1.99. The molecule has 78 valence electrons. The first-order valence-corrected chi connectivity index (χ1v) is 5.61. The summed E-state index contributed by atoms with van der Waals surface area (Å²) in [5.74, 6) is 0.269. The highest BCUT2D eigenvalue weighted by Gasteiger charge is 2.13. The summed E-state index contributed by atoms with van der Waals surface area (Å²) >= 11 is 1.71. The topological polar surface area (TPSA) is 50.4 Å². The highest BCUT2D eigenvalue weighted by Crippen LogP contribution is 2.22. The van der Waals surface area contributed by atoms with Gasteiger partial charge in [0.2, 0.25) is 0 Å². The number of aromatic carboxylic acids is 1. The average molecular weight is 214 g/mol. The molecule has 3 nitrogen and oxygen atoms in total. The van der Waals surface area contributed by atoms with Crippen LogP contribution >= 0.6 is 11.8 Å². The van der Waals surface area contributed by atoms with Gasteiger partial charge in [0.1, 0.15) is 11.3 Å². The summed E-state index contributed by atoms with van der Waals surface area (Å²) in [5, 5.41) is 9.34. The highest BCUT2D eigenvalue weighted by atomic mass is 32.2. The van der Waals surface area contributed by atoms with Gasteiger partial charge in [-0.3, -0.25) is 0 Å². The Morgan fingerprint density at radius 1 is 1.71 bits per heavy atom. The van der Waals surface area contributed by atoms with Crippen LogP contribution in [-0.4, -0.2) is 16.3 Å². The van der Waals surface area contributed by atoms with Gasteiger partial charge in [0.25, 0.3) is 0 Å². The number of hydrogen-bond donors (Lipinski definition) is 1. The van der Waals surface area contributed by atoms with E-state index in [1.54, 1.807) is 11.8 Å². The molecule has 0 aromatic carbocycles. The minimum absolute atomic E-state index is 0.279. The fraction of sp³-hybridized carbons (Fsp3) is 0.500. The molecule has 1 N–H and O–H groups in total. The zero-order chi connectivity index (χ0) is 10.6. The summed E-state index contributed by atoms with van der Waals surface area (Å²) in [5.41, 5.74) is 0.279. The van der Waals surface area contributed by atoms with E-state index in [1.807, 2.05) is 0 Å². The van der Waals surface area contributed by atoms with E-state index in [2.05, 4.69) is 13.8 Å². The normalized spacial score (nSPS) is 12.7. The van der Waals surface area contributed by atoms with Gasteiger partial charge < -0.3 is 9.52 Å². The number of carboxylic acids is 1. The summed E-state index contributed by atoms with van der Waals surface area (Å²) in [6.07, 6.45) is 2.50. The molecule has 0 aliphatic heterocycles. The average Bonchev–Trinajstić information content (AvgIpc) is 2.62. The Morgan fingerprint density at radius 3 is 3.00 bits per heavy atom. The predicted molar refractivity (Wildman–Crippen MR) is 56.7 cm³/mol. The summed E-state index contributed by atoms with van der Waals surface area (Å²) in [4.78, 5) is 10.7. The van der Waals surface area contributed by atoms with Crippen molar-refractivity contribution < 1.29 is 14.3 Å². The molecule has 1 aromatic rings. The lowest BCUT2D eigenvalue weighted by atomic mass is 10.3. The molecule has 4 heteroatoms. The molecular weight excluding hydrogens is 200 g/mol. The second-order valence-corrected chi connectivity index (χ2v) is 4.52. The van der Waals surface area contributed by atoms with Gasteiger partial charge >= 0.3 is 5.97 Å². The molecule has 1 unspecified atom stereocenters. The molecule has 1 rings (SSSR count). The Morgan fingerprint density at radius 2 is 2.43 bits per heavy atom. The molecule has 0 bridgehead atoms. The van der Waals surface area contributed by atoms with Crippen molar-refractivity contribution >= 4 is 17.7 Å². The lowest BCUT2D eigenvalue weighted by molar-refractivity contribution is 0.0695. The number of hydrogen-bond acceptors (Lipinski definition) is 3. The molecule has 14 heavy (non-hydrogen) atoms. The standard InChI is InChI=1S/C10H14O3S/c1-3-7(2)14-6-9-8(10(11)12)4-5-13-9/h4-5,7H,3,6H2,1-2H3,(H,11,12). The van der Waals surface area contributed by atoms with Crippen LogP contribution in [0.2, 0.25) is 0 Å². The van der Waals surface area contributed by atoms with Crippen molar-refractivity contribution in [3.63, 3.8) is 0 Å².